The zero-order valence-electron chi connectivity index (χ0n) is 9.56. The zero-order valence-corrected chi connectivity index (χ0v) is 10.4. The molecule has 0 saturated carbocycles. The smallest absolute Gasteiger partial charge is 0.239 e. The van der Waals surface area contributed by atoms with Gasteiger partial charge in [-0.25, -0.2) is 4.98 Å². The molecule has 1 saturated heterocycles. The summed E-state index contributed by atoms with van der Waals surface area (Å²) in [7, 11) is 0. The molecule has 1 aliphatic rings. The number of nitrogen functional groups attached to an aromatic ring is 1. The molecule has 1 aliphatic heterocycles. The molecular weight excluding hydrogens is 236 g/mol. The number of carbonyl (C=O) groups excluding carboxylic acids is 1. The Hall–Kier alpha value is -1.27. The Morgan fingerprint density at radius 2 is 2.24 bits per heavy atom. The minimum atomic E-state index is -0.0324. The van der Waals surface area contributed by atoms with Crippen molar-refractivity contribution in [2.75, 3.05) is 42.2 Å². The summed E-state index contributed by atoms with van der Waals surface area (Å²) in [6.45, 7) is 2.38. The summed E-state index contributed by atoms with van der Waals surface area (Å²) in [4.78, 5) is 17.9. The molecule has 2 rings (SSSR count). The van der Waals surface area contributed by atoms with Crippen LogP contribution in [0, 0.1) is 0 Å². The second-order valence-corrected chi connectivity index (χ2v) is 5.11. The van der Waals surface area contributed by atoms with Crippen molar-refractivity contribution in [3.63, 3.8) is 0 Å². The Bertz CT molecular complexity index is 393. The molecule has 1 aromatic rings. The largest absolute Gasteiger partial charge is 0.384 e. The molecule has 1 amide bonds. The molecule has 0 spiro atoms. The van der Waals surface area contributed by atoms with E-state index >= 15 is 0 Å². The molecule has 5 nitrogen and oxygen atoms in total. The predicted octanol–water partition coefficient (Wildman–Crippen LogP) is 0.651. The van der Waals surface area contributed by atoms with E-state index in [-0.39, 0.29) is 5.91 Å². The summed E-state index contributed by atoms with van der Waals surface area (Å²) < 4.78 is 0. The molecular formula is C11H16N4OS. The first kappa shape index (κ1) is 12.2. The number of nitrogens with one attached hydrogen (secondary N) is 1. The molecule has 0 unspecified atom stereocenters. The van der Waals surface area contributed by atoms with Gasteiger partial charge in [-0.3, -0.25) is 9.69 Å². The molecule has 17 heavy (non-hydrogen) atoms. The fraction of sp³-hybridized carbons (Fsp3) is 0.455. The van der Waals surface area contributed by atoms with Crippen molar-refractivity contribution in [3.8, 4) is 0 Å². The van der Waals surface area contributed by atoms with E-state index in [1.165, 1.54) is 0 Å². The van der Waals surface area contributed by atoms with Gasteiger partial charge in [0, 0.05) is 24.6 Å². The van der Waals surface area contributed by atoms with Crippen LogP contribution in [0.3, 0.4) is 0 Å². The number of hydrogen-bond donors (Lipinski definition) is 2. The van der Waals surface area contributed by atoms with Crippen LogP contribution < -0.4 is 11.1 Å². The minimum absolute atomic E-state index is 0.0324. The lowest BCUT2D eigenvalue weighted by molar-refractivity contribution is -0.117. The van der Waals surface area contributed by atoms with Gasteiger partial charge in [-0.1, -0.05) is 6.07 Å². The van der Waals surface area contributed by atoms with E-state index in [2.05, 4.69) is 15.2 Å². The second-order valence-electron chi connectivity index (χ2n) is 3.88. The predicted molar refractivity (Wildman–Crippen MR) is 71.0 cm³/mol. The fourth-order valence-electron chi connectivity index (χ4n) is 1.67. The fourth-order valence-corrected chi connectivity index (χ4v) is 2.64. The van der Waals surface area contributed by atoms with Gasteiger partial charge in [0.15, 0.2) is 0 Å². The average Bonchev–Trinajstić information content (AvgIpc) is 2.30. The van der Waals surface area contributed by atoms with Crippen molar-refractivity contribution in [1.29, 1.82) is 0 Å². The van der Waals surface area contributed by atoms with Crippen molar-refractivity contribution < 1.29 is 4.79 Å². The van der Waals surface area contributed by atoms with Crippen molar-refractivity contribution in [1.82, 2.24) is 9.88 Å². The highest BCUT2D eigenvalue weighted by molar-refractivity contribution is 7.99. The molecule has 1 fully saturated rings. The zero-order chi connectivity index (χ0) is 12.1. The Morgan fingerprint density at radius 1 is 1.47 bits per heavy atom. The normalized spacial score (nSPS) is 16.7. The summed E-state index contributed by atoms with van der Waals surface area (Å²) in [6, 6.07) is 5.20. The highest BCUT2D eigenvalue weighted by Gasteiger charge is 2.14. The first-order valence-electron chi connectivity index (χ1n) is 5.56. The lowest BCUT2D eigenvalue weighted by atomic mass is 10.4. The van der Waals surface area contributed by atoms with E-state index in [9.17, 15) is 4.79 Å². The number of carbonyl (C=O) groups is 1. The van der Waals surface area contributed by atoms with E-state index in [0.717, 1.165) is 24.6 Å². The van der Waals surface area contributed by atoms with Crippen LogP contribution in [-0.2, 0) is 4.79 Å². The Labute approximate surface area is 105 Å². The molecule has 0 atom stereocenters. The van der Waals surface area contributed by atoms with Crippen molar-refractivity contribution in [3.05, 3.63) is 18.2 Å². The molecule has 6 heteroatoms. The third-order valence-corrected chi connectivity index (χ3v) is 3.45. The van der Waals surface area contributed by atoms with E-state index in [0.29, 0.717) is 18.2 Å². The average molecular weight is 252 g/mol. The number of nitrogens with two attached hydrogens (primary N) is 1. The van der Waals surface area contributed by atoms with Crippen LogP contribution in [0.4, 0.5) is 11.6 Å². The molecule has 3 N–H and O–H groups in total. The van der Waals surface area contributed by atoms with Crippen molar-refractivity contribution in [2.45, 2.75) is 0 Å². The first-order chi connectivity index (χ1) is 8.24. The van der Waals surface area contributed by atoms with E-state index < -0.39 is 0 Å². The van der Waals surface area contributed by atoms with Crippen LogP contribution in [0.15, 0.2) is 18.2 Å². The maximum absolute atomic E-state index is 11.8. The standard InChI is InChI=1S/C11H16N4OS/c12-9-2-1-3-10(13-9)14-11(16)8-15-4-6-17-7-5-15/h1-3H,4-8H2,(H3,12,13,14,16). The van der Waals surface area contributed by atoms with Crippen LogP contribution in [0.2, 0.25) is 0 Å². The van der Waals surface area contributed by atoms with Crippen molar-refractivity contribution in [2.24, 2.45) is 0 Å². The molecule has 92 valence electrons. The summed E-state index contributed by atoms with van der Waals surface area (Å²) >= 11 is 1.93. The van der Waals surface area contributed by atoms with Crippen molar-refractivity contribution >= 4 is 29.3 Å². The van der Waals surface area contributed by atoms with Gasteiger partial charge in [-0.05, 0) is 12.1 Å². The third-order valence-electron chi connectivity index (χ3n) is 2.51. The van der Waals surface area contributed by atoms with Gasteiger partial charge in [0.2, 0.25) is 5.91 Å². The van der Waals surface area contributed by atoms with Gasteiger partial charge in [-0.15, -0.1) is 0 Å². The van der Waals surface area contributed by atoms with Crippen LogP contribution in [0.25, 0.3) is 0 Å². The van der Waals surface area contributed by atoms with Gasteiger partial charge < -0.3 is 11.1 Å². The van der Waals surface area contributed by atoms with E-state index in [1.54, 1.807) is 18.2 Å². The second kappa shape index (κ2) is 5.88. The van der Waals surface area contributed by atoms with E-state index in [1.807, 2.05) is 11.8 Å². The number of amides is 1. The molecule has 0 aromatic carbocycles. The van der Waals surface area contributed by atoms with Crippen LogP contribution in [0.5, 0.6) is 0 Å². The number of aromatic nitrogens is 1. The SMILES string of the molecule is Nc1cccc(NC(=O)CN2CCSCC2)n1. The van der Waals surface area contributed by atoms with Gasteiger partial charge in [0.05, 0.1) is 6.54 Å². The highest BCUT2D eigenvalue weighted by atomic mass is 32.2. The number of thioether (sulfide) groups is 1. The topological polar surface area (TPSA) is 71.2 Å². The number of rotatable bonds is 3. The number of pyridine rings is 1. The lowest BCUT2D eigenvalue weighted by Gasteiger charge is -2.25. The molecule has 1 aromatic heterocycles. The summed E-state index contributed by atoms with van der Waals surface area (Å²) in [5.41, 5.74) is 5.54. The quantitative estimate of drug-likeness (QED) is 0.826. The summed E-state index contributed by atoms with van der Waals surface area (Å²) in [5, 5.41) is 2.75. The molecule has 2 heterocycles. The Balaban J connectivity index is 1.84. The summed E-state index contributed by atoms with van der Waals surface area (Å²) in [6.07, 6.45) is 0. The van der Waals surface area contributed by atoms with E-state index in [4.69, 9.17) is 5.73 Å². The minimum Gasteiger partial charge on any atom is -0.384 e. The Kier molecular flexibility index (Phi) is 4.22. The van der Waals surface area contributed by atoms with Crippen LogP contribution in [0.1, 0.15) is 0 Å². The monoisotopic (exact) mass is 252 g/mol. The molecule has 0 bridgehead atoms. The van der Waals surface area contributed by atoms with Gasteiger partial charge in [-0.2, -0.15) is 11.8 Å². The Morgan fingerprint density at radius 3 is 2.94 bits per heavy atom. The van der Waals surface area contributed by atoms with Crippen LogP contribution in [-0.4, -0.2) is 46.9 Å². The first-order valence-corrected chi connectivity index (χ1v) is 6.72. The summed E-state index contributed by atoms with van der Waals surface area (Å²) in [5.74, 6) is 3.10. The maximum Gasteiger partial charge on any atom is 0.239 e. The third kappa shape index (κ3) is 3.90. The number of anilines is 2. The van der Waals surface area contributed by atoms with Crippen LogP contribution >= 0.6 is 11.8 Å². The van der Waals surface area contributed by atoms with Gasteiger partial charge >= 0.3 is 0 Å². The van der Waals surface area contributed by atoms with Gasteiger partial charge in [0.1, 0.15) is 11.6 Å². The number of nitrogens with zero attached hydrogens (tertiary/aromatic N) is 2. The molecule has 0 aliphatic carbocycles. The van der Waals surface area contributed by atoms with Gasteiger partial charge in [0.25, 0.3) is 0 Å². The highest BCUT2D eigenvalue weighted by Crippen LogP contribution is 2.09. The number of hydrogen-bond acceptors (Lipinski definition) is 5. The lowest BCUT2D eigenvalue weighted by Crippen LogP contribution is -2.38. The maximum atomic E-state index is 11.8. The molecule has 0 radical (unpaired) electrons.